The number of esters is 1. The van der Waals surface area contributed by atoms with E-state index < -0.39 is 11.2 Å². The van der Waals surface area contributed by atoms with E-state index in [1.54, 1.807) is 0 Å². The fourth-order valence-corrected chi connectivity index (χ4v) is 4.21. The Morgan fingerprint density at radius 1 is 0.525 bits per heavy atom. The molecule has 3 rings (SSSR count). The molecule has 0 saturated carbocycles. The van der Waals surface area contributed by atoms with Gasteiger partial charge in [-0.15, -0.1) is 0 Å². The molecule has 0 heterocycles. The van der Waals surface area contributed by atoms with E-state index >= 15 is 0 Å². The molecule has 0 radical (unpaired) electrons. The summed E-state index contributed by atoms with van der Waals surface area (Å²) in [4.78, 5) is 11.6. The number of ether oxygens (including phenoxy) is 6. The van der Waals surface area contributed by atoms with Gasteiger partial charge in [-0.3, -0.25) is 0 Å². The van der Waals surface area contributed by atoms with Crippen molar-refractivity contribution in [2.45, 2.75) is 32.0 Å². The highest BCUT2D eigenvalue weighted by atomic mass is 16.6. The third kappa shape index (κ3) is 10.5. The van der Waals surface area contributed by atoms with Crippen LogP contribution in [-0.2, 0) is 38.8 Å². The minimum absolute atomic E-state index is 0.0820. The van der Waals surface area contributed by atoms with Gasteiger partial charge in [0.05, 0.1) is 52.9 Å². The molecule has 0 spiro atoms. The second-order valence-corrected chi connectivity index (χ2v) is 10.1. The van der Waals surface area contributed by atoms with Crippen LogP contribution in [0.2, 0.25) is 0 Å². The van der Waals surface area contributed by atoms with Crippen LogP contribution in [0.4, 0.5) is 0 Å². The van der Waals surface area contributed by atoms with Crippen LogP contribution >= 0.6 is 0 Å². The summed E-state index contributed by atoms with van der Waals surface area (Å²) < 4.78 is 34.0. The van der Waals surface area contributed by atoms with Gasteiger partial charge in [0, 0.05) is 0 Å². The van der Waals surface area contributed by atoms with Gasteiger partial charge < -0.3 is 28.4 Å². The Morgan fingerprint density at radius 3 is 1.25 bits per heavy atom. The summed E-state index contributed by atoms with van der Waals surface area (Å²) in [7, 11) is 0. The Balaban J connectivity index is 1.36. The van der Waals surface area contributed by atoms with E-state index in [0.29, 0.717) is 52.9 Å². The quantitative estimate of drug-likeness (QED) is 0.119. The molecule has 0 atom stereocenters. The Labute approximate surface area is 238 Å². The van der Waals surface area contributed by atoms with Gasteiger partial charge in [-0.25, -0.2) is 4.79 Å². The number of carbonyl (C=O) groups excluding carboxylic acids is 1. The highest BCUT2D eigenvalue weighted by molar-refractivity contribution is 5.71. The molecule has 0 N–H and O–H groups in total. The highest BCUT2D eigenvalue weighted by Gasteiger charge is 2.37. The van der Waals surface area contributed by atoms with Crippen molar-refractivity contribution >= 4 is 5.97 Å². The van der Waals surface area contributed by atoms with Gasteiger partial charge in [-0.2, -0.15) is 0 Å². The standard InChI is InChI=1S/C33H42O7/c1-32(2,3)40-31(34)27-38-24-23-36-20-19-35-21-22-37-25-26-39-33(28-13-7-4-8-14-28,29-15-9-5-10-16-29)30-17-11-6-12-18-30/h4-18H,19-27H2,1-3H3. The van der Waals surface area contributed by atoms with E-state index in [1.165, 1.54) is 0 Å². The van der Waals surface area contributed by atoms with Crippen LogP contribution in [-0.4, -0.2) is 71.0 Å². The lowest BCUT2D eigenvalue weighted by Crippen LogP contribution is -2.34. The number of hydrogen-bond acceptors (Lipinski definition) is 7. The number of rotatable bonds is 18. The molecule has 0 aromatic heterocycles. The van der Waals surface area contributed by atoms with Gasteiger partial charge in [-0.05, 0) is 37.5 Å². The van der Waals surface area contributed by atoms with Crippen LogP contribution in [0.3, 0.4) is 0 Å². The molecular weight excluding hydrogens is 508 g/mol. The zero-order valence-electron chi connectivity index (χ0n) is 23.9. The average Bonchev–Trinajstić information content (AvgIpc) is 2.96. The third-order valence-corrected chi connectivity index (χ3v) is 5.84. The maximum atomic E-state index is 11.6. The normalized spacial score (nSPS) is 11.9. The van der Waals surface area contributed by atoms with Gasteiger partial charge >= 0.3 is 5.97 Å². The molecule has 7 heteroatoms. The SMILES string of the molecule is CC(C)(C)OC(=O)COCCOCCOCCOCCOC(c1ccccc1)(c1ccccc1)c1ccccc1. The molecule has 0 bridgehead atoms. The summed E-state index contributed by atoms with van der Waals surface area (Å²) in [5.74, 6) is -0.382. The van der Waals surface area contributed by atoms with Crippen LogP contribution in [0.25, 0.3) is 0 Å². The summed E-state index contributed by atoms with van der Waals surface area (Å²) in [6.45, 7) is 8.72. The first kappa shape index (κ1) is 31.5. The van der Waals surface area contributed by atoms with E-state index in [1.807, 2.05) is 75.4 Å². The first-order chi connectivity index (χ1) is 19.4. The minimum Gasteiger partial charge on any atom is -0.458 e. The highest BCUT2D eigenvalue weighted by Crippen LogP contribution is 2.40. The largest absolute Gasteiger partial charge is 0.458 e. The predicted octanol–water partition coefficient (Wildman–Crippen LogP) is 5.40. The lowest BCUT2D eigenvalue weighted by molar-refractivity contribution is -0.160. The topological polar surface area (TPSA) is 72.5 Å². The monoisotopic (exact) mass is 550 g/mol. The fraction of sp³-hybridized carbons (Fsp3) is 0.424. The van der Waals surface area contributed by atoms with Crippen molar-refractivity contribution in [3.05, 3.63) is 108 Å². The number of benzene rings is 3. The van der Waals surface area contributed by atoms with E-state index in [4.69, 9.17) is 28.4 Å². The van der Waals surface area contributed by atoms with Crippen molar-refractivity contribution in [2.75, 3.05) is 59.5 Å². The molecule has 3 aromatic carbocycles. The molecule has 0 aliphatic heterocycles. The van der Waals surface area contributed by atoms with Gasteiger partial charge in [0.2, 0.25) is 0 Å². The molecule has 0 aliphatic carbocycles. The van der Waals surface area contributed by atoms with Crippen molar-refractivity contribution in [1.29, 1.82) is 0 Å². The molecule has 0 fully saturated rings. The van der Waals surface area contributed by atoms with E-state index in [0.717, 1.165) is 16.7 Å². The van der Waals surface area contributed by atoms with E-state index in [2.05, 4.69) is 36.4 Å². The van der Waals surface area contributed by atoms with Gasteiger partial charge in [-0.1, -0.05) is 91.0 Å². The summed E-state index contributed by atoms with van der Waals surface area (Å²) in [5.41, 5.74) is 1.92. The molecule has 216 valence electrons. The van der Waals surface area contributed by atoms with Crippen LogP contribution < -0.4 is 0 Å². The van der Waals surface area contributed by atoms with Crippen LogP contribution in [0.5, 0.6) is 0 Å². The summed E-state index contributed by atoms with van der Waals surface area (Å²) in [5, 5.41) is 0. The maximum absolute atomic E-state index is 11.6. The molecule has 0 aliphatic rings. The first-order valence-electron chi connectivity index (χ1n) is 13.8. The molecule has 0 saturated heterocycles. The Hall–Kier alpha value is -3.07. The number of hydrogen-bond donors (Lipinski definition) is 0. The summed E-state index contributed by atoms with van der Waals surface area (Å²) >= 11 is 0. The van der Waals surface area contributed by atoms with Crippen molar-refractivity contribution < 1.29 is 33.2 Å². The second-order valence-electron chi connectivity index (χ2n) is 10.1. The minimum atomic E-state index is -0.752. The zero-order chi connectivity index (χ0) is 28.5. The van der Waals surface area contributed by atoms with Crippen molar-refractivity contribution in [3.8, 4) is 0 Å². The molecular formula is C33H42O7. The Bertz CT molecular complexity index is 985. The number of carbonyl (C=O) groups is 1. The molecule has 7 nitrogen and oxygen atoms in total. The van der Waals surface area contributed by atoms with Crippen LogP contribution in [0.15, 0.2) is 91.0 Å². The summed E-state index contributed by atoms with van der Waals surface area (Å²) in [6, 6.07) is 30.9. The molecule has 0 amide bonds. The van der Waals surface area contributed by atoms with Gasteiger partial charge in [0.15, 0.2) is 0 Å². The predicted molar refractivity (Wildman–Crippen MR) is 154 cm³/mol. The maximum Gasteiger partial charge on any atom is 0.332 e. The van der Waals surface area contributed by atoms with Crippen molar-refractivity contribution in [1.82, 2.24) is 0 Å². The van der Waals surface area contributed by atoms with Crippen molar-refractivity contribution in [2.24, 2.45) is 0 Å². The molecule has 0 unspecified atom stereocenters. The van der Waals surface area contributed by atoms with E-state index in [9.17, 15) is 4.79 Å². The fourth-order valence-electron chi connectivity index (χ4n) is 4.21. The van der Waals surface area contributed by atoms with Gasteiger partial charge in [0.25, 0.3) is 0 Å². The van der Waals surface area contributed by atoms with E-state index in [-0.39, 0.29) is 12.6 Å². The molecule has 3 aromatic rings. The smallest absolute Gasteiger partial charge is 0.332 e. The lowest BCUT2D eigenvalue weighted by atomic mass is 9.80. The van der Waals surface area contributed by atoms with Crippen LogP contribution in [0.1, 0.15) is 37.5 Å². The Kier molecular flexibility index (Phi) is 13.3. The zero-order valence-corrected chi connectivity index (χ0v) is 23.9. The second kappa shape index (κ2) is 16.9. The Morgan fingerprint density at radius 2 is 0.875 bits per heavy atom. The van der Waals surface area contributed by atoms with Crippen molar-refractivity contribution in [3.63, 3.8) is 0 Å². The lowest BCUT2D eigenvalue weighted by Gasteiger charge is -2.36. The van der Waals surface area contributed by atoms with Crippen LogP contribution in [0, 0.1) is 0 Å². The average molecular weight is 551 g/mol. The van der Waals surface area contributed by atoms with Gasteiger partial charge in [0.1, 0.15) is 17.8 Å². The first-order valence-corrected chi connectivity index (χ1v) is 13.8. The summed E-state index contributed by atoms with van der Waals surface area (Å²) in [6.07, 6.45) is 0. The third-order valence-electron chi connectivity index (χ3n) is 5.84. The molecule has 40 heavy (non-hydrogen) atoms.